The summed E-state index contributed by atoms with van der Waals surface area (Å²) in [5.41, 5.74) is 0.176. The fourth-order valence-corrected chi connectivity index (χ4v) is 3.36. The molecule has 0 radical (unpaired) electrons. The third-order valence-electron chi connectivity index (χ3n) is 4.92. The average molecular weight is 509 g/mol. The lowest BCUT2D eigenvalue weighted by atomic mass is 10.1. The van der Waals surface area contributed by atoms with Gasteiger partial charge in [0.05, 0.1) is 13.2 Å². The molecule has 2 fully saturated rings. The van der Waals surface area contributed by atoms with Gasteiger partial charge in [-0.15, -0.1) is 24.0 Å². The third-order valence-corrected chi connectivity index (χ3v) is 4.92. The van der Waals surface area contributed by atoms with Gasteiger partial charge in [0, 0.05) is 49.7 Å². The van der Waals surface area contributed by atoms with Crippen LogP contribution in [0.3, 0.4) is 0 Å². The van der Waals surface area contributed by atoms with Crippen LogP contribution in [0.15, 0.2) is 23.2 Å². The summed E-state index contributed by atoms with van der Waals surface area (Å²) in [5.74, 6) is 0.114. The first kappa shape index (κ1) is 23.3. The van der Waals surface area contributed by atoms with Crippen LogP contribution in [-0.2, 0) is 9.47 Å². The Bertz CT molecular complexity index is 622. The molecule has 1 aromatic carbocycles. The van der Waals surface area contributed by atoms with Crippen molar-refractivity contribution in [3.8, 4) is 0 Å². The zero-order chi connectivity index (χ0) is 19.1. The average Bonchev–Trinajstić information content (AvgIpc) is 3.17. The highest BCUT2D eigenvalue weighted by atomic mass is 127. The summed E-state index contributed by atoms with van der Waals surface area (Å²) in [4.78, 5) is 4.54. The van der Waals surface area contributed by atoms with Crippen LogP contribution in [0.4, 0.5) is 8.78 Å². The second-order valence-electron chi connectivity index (χ2n) is 7.15. The molecule has 0 amide bonds. The van der Waals surface area contributed by atoms with Crippen molar-refractivity contribution in [2.75, 3.05) is 39.5 Å². The van der Waals surface area contributed by atoms with Crippen molar-refractivity contribution in [3.63, 3.8) is 0 Å². The molecule has 2 aliphatic rings. The molecular formula is C20H30F2IN3O2. The number of ether oxygens (including phenoxy) is 2. The molecule has 0 aromatic heterocycles. The number of hydrogen-bond acceptors (Lipinski definition) is 3. The summed E-state index contributed by atoms with van der Waals surface area (Å²) in [7, 11) is 0. The first-order valence-electron chi connectivity index (χ1n) is 9.83. The molecule has 3 atom stereocenters. The van der Waals surface area contributed by atoms with Crippen molar-refractivity contribution in [3.05, 3.63) is 35.4 Å². The van der Waals surface area contributed by atoms with Crippen LogP contribution in [0.1, 0.15) is 37.7 Å². The van der Waals surface area contributed by atoms with E-state index in [0.717, 1.165) is 39.2 Å². The van der Waals surface area contributed by atoms with Gasteiger partial charge in [-0.3, -0.25) is 4.99 Å². The normalized spacial score (nSPS) is 24.0. The lowest BCUT2D eigenvalue weighted by Gasteiger charge is -2.12. The second kappa shape index (κ2) is 11.9. The van der Waals surface area contributed by atoms with E-state index in [0.29, 0.717) is 31.4 Å². The molecular weight excluding hydrogens is 479 g/mol. The molecule has 1 saturated carbocycles. The molecule has 0 spiro atoms. The maximum atomic E-state index is 13.9. The first-order chi connectivity index (χ1) is 13.2. The number of nitrogens with one attached hydrogen (secondary N) is 2. The highest BCUT2D eigenvalue weighted by Crippen LogP contribution is 2.43. The molecule has 2 N–H and O–H groups in total. The van der Waals surface area contributed by atoms with E-state index >= 15 is 0 Å². The molecule has 1 aliphatic heterocycles. The van der Waals surface area contributed by atoms with E-state index in [1.807, 2.05) is 6.92 Å². The van der Waals surface area contributed by atoms with Crippen LogP contribution < -0.4 is 10.6 Å². The lowest BCUT2D eigenvalue weighted by molar-refractivity contribution is 0.0893. The molecule has 8 heteroatoms. The van der Waals surface area contributed by atoms with Gasteiger partial charge in [0.2, 0.25) is 0 Å². The van der Waals surface area contributed by atoms with E-state index in [1.54, 1.807) is 0 Å². The largest absolute Gasteiger partial charge is 0.381 e. The number of benzene rings is 1. The van der Waals surface area contributed by atoms with Crippen molar-refractivity contribution in [1.82, 2.24) is 10.6 Å². The van der Waals surface area contributed by atoms with Gasteiger partial charge >= 0.3 is 0 Å². The number of halogens is 3. The van der Waals surface area contributed by atoms with Gasteiger partial charge in [0.1, 0.15) is 11.6 Å². The number of nitrogens with zero attached hydrogens (tertiary/aromatic N) is 1. The fourth-order valence-electron chi connectivity index (χ4n) is 3.36. The zero-order valence-corrected chi connectivity index (χ0v) is 18.6. The maximum Gasteiger partial charge on any atom is 0.191 e. The molecule has 28 heavy (non-hydrogen) atoms. The highest BCUT2D eigenvalue weighted by Gasteiger charge is 2.42. The minimum atomic E-state index is -0.476. The molecule has 1 saturated heterocycles. The van der Waals surface area contributed by atoms with Gasteiger partial charge in [-0.05, 0) is 38.3 Å². The molecule has 1 heterocycles. The Hall–Kier alpha value is -1.000. The molecule has 1 aliphatic carbocycles. The minimum Gasteiger partial charge on any atom is -0.381 e. The summed E-state index contributed by atoms with van der Waals surface area (Å²) < 4.78 is 38.8. The Morgan fingerprint density at radius 1 is 1.32 bits per heavy atom. The Balaban J connectivity index is 0.00000280. The van der Waals surface area contributed by atoms with Gasteiger partial charge in [-0.1, -0.05) is 6.07 Å². The molecule has 1 aromatic rings. The van der Waals surface area contributed by atoms with E-state index in [9.17, 15) is 8.78 Å². The van der Waals surface area contributed by atoms with Gasteiger partial charge in [-0.2, -0.15) is 0 Å². The molecule has 0 bridgehead atoms. The fraction of sp³-hybridized carbons (Fsp3) is 0.650. The van der Waals surface area contributed by atoms with Gasteiger partial charge in [0.25, 0.3) is 0 Å². The Morgan fingerprint density at radius 2 is 2.11 bits per heavy atom. The SMILES string of the molecule is CCNC(=NCCCOCC1CCOC1)NC1CC1c1c(F)cccc1F.I. The molecule has 3 unspecified atom stereocenters. The number of guanidine groups is 1. The van der Waals surface area contributed by atoms with Gasteiger partial charge < -0.3 is 20.1 Å². The summed E-state index contributed by atoms with van der Waals surface area (Å²) in [6.45, 7) is 6.43. The van der Waals surface area contributed by atoms with Crippen molar-refractivity contribution >= 4 is 29.9 Å². The quantitative estimate of drug-likeness (QED) is 0.232. The van der Waals surface area contributed by atoms with Crippen LogP contribution in [-0.4, -0.2) is 51.5 Å². The van der Waals surface area contributed by atoms with Crippen LogP contribution in [0.2, 0.25) is 0 Å². The van der Waals surface area contributed by atoms with Crippen LogP contribution in [0, 0.1) is 17.6 Å². The highest BCUT2D eigenvalue weighted by molar-refractivity contribution is 14.0. The lowest BCUT2D eigenvalue weighted by Crippen LogP contribution is -2.39. The Labute approximate surface area is 182 Å². The third kappa shape index (κ3) is 6.81. The van der Waals surface area contributed by atoms with Crippen molar-refractivity contribution in [2.24, 2.45) is 10.9 Å². The van der Waals surface area contributed by atoms with Gasteiger partial charge in [0.15, 0.2) is 5.96 Å². The number of hydrogen-bond donors (Lipinski definition) is 2. The van der Waals surface area contributed by atoms with Crippen molar-refractivity contribution in [1.29, 1.82) is 0 Å². The van der Waals surface area contributed by atoms with E-state index in [4.69, 9.17) is 9.47 Å². The minimum absolute atomic E-state index is 0. The van der Waals surface area contributed by atoms with Gasteiger partial charge in [-0.25, -0.2) is 8.78 Å². The number of rotatable bonds is 9. The number of aliphatic imine (C=N–C) groups is 1. The Morgan fingerprint density at radius 3 is 2.79 bits per heavy atom. The summed E-state index contributed by atoms with van der Waals surface area (Å²) >= 11 is 0. The summed E-state index contributed by atoms with van der Waals surface area (Å²) in [6, 6.07) is 4.02. The Kier molecular flexibility index (Phi) is 9.87. The maximum absolute atomic E-state index is 13.9. The van der Waals surface area contributed by atoms with Crippen molar-refractivity contribution < 1.29 is 18.3 Å². The standard InChI is InChI=1S/C20H29F2N3O2.HI/c1-2-23-20(24-8-4-9-26-12-14-7-10-27-13-14)25-18-11-15(18)19-16(21)5-3-6-17(19)22;/h3,5-6,14-15,18H,2,4,7-13H2,1H3,(H2,23,24,25);1H. The summed E-state index contributed by atoms with van der Waals surface area (Å²) in [6.07, 6.45) is 2.62. The first-order valence-corrected chi connectivity index (χ1v) is 9.83. The smallest absolute Gasteiger partial charge is 0.191 e. The monoisotopic (exact) mass is 509 g/mol. The van der Waals surface area contributed by atoms with E-state index in [1.165, 1.54) is 18.2 Å². The predicted molar refractivity (Wildman–Crippen MR) is 116 cm³/mol. The van der Waals surface area contributed by atoms with E-state index in [-0.39, 0.29) is 41.5 Å². The van der Waals surface area contributed by atoms with E-state index in [2.05, 4.69) is 15.6 Å². The van der Waals surface area contributed by atoms with Crippen molar-refractivity contribution in [2.45, 2.75) is 38.1 Å². The molecule has 5 nitrogen and oxygen atoms in total. The topological polar surface area (TPSA) is 54.9 Å². The second-order valence-corrected chi connectivity index (χ2v) is 7.15. The zero-order valence-electron chi connectivity index (χ0n) is 16.3. The van der Waals surface area contributed by atoms with Crippen LogP contribution in [0.5, 0.6) is 0 Å². The molecule has 158 valence electrons. The summed E-state index contributed by atoms with van der Waals surface area (Å²) in [5, 5.41) is 6.46. The van der Waals surface area contributed by atoms with Crippen LogP contribution >= 0.6 is 24.0 Å². The van der Waals surface area contributed by atoms with E-state index < -0.39 is 11.6 Å². The molecule has 3 rings (SSSR count). The predicted octanol–water partition coefficient (Wildman–Crippen LogP) is 3.44. The van der Waals surface area contributed by atoms with Crippen LogP contribution in [0.25, 0.3) is 0 Å².